The summed E-state index contributed by atoms with van der Waals surface area (Å²) in [5.41, 5.74) is 1.44. The van der Waals surface area contributed by atoms with E-state index in [9.17, 15) is 4.79 Å². The van der Waals surface area contributed by atoms with Crippen LogP contribution >= 0.6 is 11.8 Å². The van der Waals surface area contributed by atoms with Crippen molar-refractivity contribution in [2.24, 2.45) is 0 Å². The Bertz CT molecular complexity index is 746. The van der Waals surface area contributed by atoms with Gasteiger partial charge in [-0.3, -0.25) is 4.79 Å². The third kappa shape index (κ3) is 2.34. The van der Waals surface area contributed by atoms with Gasteiger partial charge in [0.2, 0.25) is 0 Å². The van der Waals surface area contributed by atoms with Crippen LogP contribution in [-0.4, -0.2) is 31.1 Å². The normalized spacial score (nSPS) is 11.1. The van der Waals surface area contributed by atoms with E-state index >= 15 is 0 Å². The van der Waals surface area contributed by atoms with Crippen LogP contribution in [0.15, 0.2) is 42.1 Å². The van der Waals surface area contributed by atoms with Crippen molar-refractivity contribution < 1.29 is 4.79 Å². The number of carbonyl (C=O) groups is 1. The average Bonchev–Trinajstić information content (AvgIpc) is 3.11. The number of ketones is 1. The molecule has 6 heteroatoms. The van der Waals surface area contributed by atoms with Crippen molar-refractivity contribution in [1.82, 2.24) is 19.5 Å². The molecule has 0 spiro atoms. The maximum atomic E-state index is 12.3. The Balaban J connectivity index is 1.77. The number of H-pyrrole nitrogens is 1. The number of imidazole rings is 1. The standard InChI is InChI=1S/C14H14N4OS/c1-2-18-7-6-16-14(18)20-9-12(19)11-8-17-13-10(11)4-3-5-15-13/h3-8H,2,9H2,1H3,(H,15,17). The van der Waals surface area contributed by atoms with Crippen LogP contribution < -0.4 is 0 Å². The van der Waals surface area contributed by atoms with E-state index in [1.165, 1.54) is 11.8 Å². The quantitative estimate of drug-likeness (QED) is 0.578. The molecule has 0 radical (unpaired) electrons. The summed E-state index contributed by atoms with van der Waals surface area (Å²) in [7, 11) is 0. The van der Waals surface area contributed by atoms with Crippen molar-refractivity contribution in [2.75, 3.05) is 5.75 Å². The smallest absolute Gasteiger partial charge is 0.175 e. The third-order valence-corrected chi connectivity index (χ3v) is 4.11. The van der Waals surface area contributed by atoms with Gasteiger partial charge < -0.3 is 9.55 Å². The van der Waals surface area contributed by atoms with Gasteiger partial charge >= 0.3 is 0 Å². The van der Waals surface area contributed by atoms with Crippen molar-refractivity contribution in [2.45, 2.75) is 18.6 Å². The number of aromatic nitrogens is 4. The fraction of sp³-hybridized carbons (Fsp3) is 0.214. The molecular formula is C14H14N4OS. The Kier molecular flexibility index (Phi) is 3.56. The van der Waals surface area contributed by atoms with Crippen LogP contribution in [0, 0.1) is 0 Å². The van der Waals surface area contributed by atoms with Crippen LogP contribution in [-0.2, 0) is 6.54 Å². The second-order valence-electron chi connectivity index (χ2n) is 4.31. The van der Waals surface area contributed by atoms with E-state index in [1.54, 1.807) is 18.6 Å². The first-order valence-corrected chi connectivity index (χ1v) is 7.37. The predicted octanol–water partition coefficient (Wildman–Crippen LogP) is 2.75. The topological polar surface area (TPSA) is 63.6 Å². The van der Waals surface area contributed by atoms with E-state index in [4.69, 9.17) is 0 Å². The number of fused-ring (bicyclic) bond motifs is 1. The minimum absolute atomic E-state index is 0.0832. The highest BCUT2D eigenvalue weighted by atomic mass is 32.2. The molecule has 0 unspecified atom stereocenters. The minimum Gasteiger partial charge on any atom is -0.345 e. The van der Waals surface area contributed by atoms with Gasteiger partial charge in [-0.2, -0.15) is 0 Å². The lowest BCUT2D eigenvalue weighted by molar-refractivity contribution is 0.102. The summed E-state index contributed by atoms with van der Waals surface area (Å²) in [5.74, 6) is 0.457. The lowest BCUT2D eigenvalue weighted by Gasteiger charge is -2.03. The van der Waals surface area contributed by atoms with Gasteiger partial charge in [-0.15, -0.1) is 0 Å². The Morgan fingerprint density at radius 2 is 2.30 bits per heavy atom. The van der Waals surface area contributed by atoms with Gasteiger partial charge in [-0.25, -0.2) is 9.97 Å². The second kappa shape index (κ2) is 5.50. The third-order valence-electron chi connectivity index (χ3n) is 3.10. The molecule has 0 saturated heterocycles. The van der Waals surface area contributed by atoms with Crippen molar-refractivity contribution in [1.29, 1.82) is 0 Å². The highest BCUT2D eigenvalue weighted by Gasteiger charge is 2.14. The molecular weight excluding hydrogens is 272 g/mol. The van der Waals surface area contributed by atoms with Crippen LogP contribution in [0.5, 0.6) is 0 Å². The summed E-state index contributed by atoms with van der Waals surface area (Å²) in [6.07, 6.45) is 7.11. The number of carbonyl (C=O) groups excluding carboxylic acids is 1. The van der Waals surface area contributed by atoms with Crippen LogP contribution in [0.25, 0.3) is 11.0 Å². The first-order chi connectivity index (χ1) is 9.79. The van der Waals surface area contributed by atoms with Crippen LogP contribution in [0.1, 0.15) is 17.3 Å². The Morgan fingerprint density at radius 1 is 1.40 bits per heavy atom. The number of pyridine rings is 1. The summed E-state index contributed by atoms with van der Waals surface area (Å²) in [4.78, 5) is 23.8. The molecule has 3 heterocycles. The van der Waals surface area contributed by atoms with Crippen LogP contribution in [0.3, 0.4) is 0 Å². The number of nitrogens with one attached hydrogen (secondary N) is 1. The summed E-state index contributed by atoms with van der Waals surface area (Å²) in [6, 6.07) is 3.74. The molecule has 5 nitrogen and oxygen atoms in total. The summed E-state index contributed by atoms with van der Waals surface area (Å²) >= 11 is 1.46. The van der Waals surface area contributed by atoms with E-state index in [0.717, 1.165) is 22.7 Å². The van der Waals surface area contributed by atoms with Crippen LogP contribution in [0.2, 0.25) is 0 Å². The summed E-state index contributed by atoms with van der Waals surface area (Å²) in [5, 5.41) is 1.75. The molecule has 0 aliphatic heterocycles. The lowest BCUT2D eigenvalue weighted by atomic mass is 10.1. The number of Topliss-reactive ketones (excluding diaryl/α,β-unsaturated/α-hetero) is 1. The van der Waals surface area contributed by atoms with Gasteiger partial charge in [-0.1, -0.05) is 11.8 Å². The summed E-state index contributed by atoms with van der Waals surface area (Å²) in [6.45, 7) is 2.91. The zero-order chi connectivity index (χ0) is 13.9. The van der Waals surface area contributed by atoms with E-state index in [2.05, 4.69) is 21.9 Å². The van der Waals surface area contributed by atoms with Crippen molar-refractivity contribution in [3.8, 4) is 0 Å². The molecule has 3 aromatic rings. The minimum atomic E-state index is 0.0832. The monoisotopic (exact) mass is 286 g/mol. The van der Waals surface area contributed by atoms with E-state index in [1.807, 2.05) is 22.9 Å². The molecule has 3 aromatic heterocycles. The maximum absolute atomic E-state index is 12.3. The fourth-order valence-corrected chi connectivity index (χ4v) is 2.98. The van der Waals surface area contributed by atoms with Gasteiger partial charge in [0.1, 0.15) is 5.65 Å². The number of aromatic amines is 1. The molecule has 0 saturated carbocycles. The SMILES string of the molecule is CCn1ccnc1SCC(=O)c1c[nH]c2ncccc12. The first-order valence-electron chi connectivity index (χ1n) is 6.39. The zero-order valence-electron chi connectivity index (χ0n) is 11.0. The molecule has 0 amide bonds. The van der Waals surface area contributed by atoms with Crippen molar-refractivity contribution in [3.63, 3.8) is 0 Å². The lowest BCUT2D eigenvalue weighted by Crippen LogP contribution is -2.03. The Hall–Kier alpha value is -2.08. The number of thioether (sulfide) groups is 1. The molecule has 1 N–H and O–H groups in total. The number of rotatable bonds is 5. The number of hydrogen-bond donors (Lipinski definition) is 1. The van der Waals surface area contributed by atoms with E-state index < -0.39 is 0 Å². The van der Waals surface area contributed by atoms with Gasteiger partial charge in [0, 0.05) is 42.3 Å². The van der Waals surface area contributed by atoms with Crippen molar-refractivity contribution >= 4 is 28.6 Å². The van der Waals surface area contributed by atoms with Crippen LogP contribution in [0.4, 0.5) is 0 Å². The highest BCUT2D eigenvalue weighted by molar-refractivity contribution is 7.99. The van der Waals surface area contributed by atoms with E-state index in [0.29, 0.717) is 11.3 Å². The largest absolute Gasteiger partial charge is 0.345 e. The predicted molar refractivity (Wildman–Crippen MR) is 79.0 cm³/mol. The first kappa shape index (κ1) is 12.9. The molecule has 0 aliphatic carbocycles. The van der Waals surface area contributed by atoms with Gasteiger partial charge in [-0.05, 0) is 19.1 Å². The van der Waals surface area contributed by atoms with Gasteiger partial charge in [0.05, 0.1) is 5.75 Å². The fourth-order valence-electron chi connectivity index (χ4n) is 2.07. The second-order valence-corrected chi connectivity index (χ2v) is 5.25. The Morgan fingerprint density at radius 3 is 3.15 bits per heavy atom. The molecule has 102 valence electrons. The molecule has 0 bridgehead atoms. The molecule has 20 heavy (non-hydrogen) atoms. The van der Waals surface area contributed by atoms with Gasteiger partial charge in [0.25, 0.3) is 0 Å². The summed E-state index contributed by atoms with van der Waals surface area (Å²) < 4.78 is 2.02. The highest BCUT2D eigenvalue weighted by Crippen LogP contribution is 2.21. The Labute approximate surface area is 120 Å². The zero-order valence-corrected chi connectivity index (χ0v) is 11.9. The average molecular weight is 286 g/mol. The maximum Gasteiger partial charge on any atom is 0.175 e. The molecule has 0 atom stereocenters. The number of aryl methyl sites for hydroxylation is 1. The number of hydrogen-bond acceptors (Lipinski definition) is 4. The van der Waals surface area contributed by atoms with Gasteiger partial charge in [0.15, 0.2) is 10.9 Å². The molecule has 3 rings (SSSR count). The molecule has 0 aliphatic rings. The van der Waals surface area contributed by atoms with E-state index in [-0.39, 0.29) is 5.78 Å². The van der Waals surface area contributed by atoms with Crippen molar-refractivity contribution in [3.05, 3.63) is 42.5 Å². The molecule has 0 fully saturated rings. The molecule has 0 aromatic carbocycles. The number of nitrogens with zero attached hydrogens (tertiary/aromatic N) is 3.